The molecule has 5 nitrogen and oxygen atoms in total. The molecule has 2 rings (SSSR count). The van der Waals surface area contributed by atoms with Crippen LogP contribution in [0.2, 0.25) is 0 Å². The first-order chi connectivity index (χ1) is 7.99. The number of hydrogen-bond donors (Lipinski definition) is 2. The summed E-state index contributed by atoms with van der Waals surface area (Å²) in [7, 11) is 0. The molecule has 0 aromatic heterocycles. The van der Waals surface area contributed by atoms with Gasteiger partial charge in [-0.15, -0.1) is 0 Å². The third-order valence-corrected chi connectivity index (χ3v) is 2.70. The van der Waals surface area contributed by atoms with E-state index in [0.717, 1.165) is 6.07 Å². The van der Waals surface area contributed by atoms with Gasteiger partial charge in [-0.25, -0.2) is 4.39 Å². The van der Waals surface area contributed by atoms with Crippen molar-refractivity contribution in [1.29, 1.82) is 0 Å². The van der Waals surface area contributed by atoms with Crippen molar-refractivity contribution < 1.29 is 24.2 Å². The number of carbonyl (C=O) groups excluding carboxylic acids is 1. The van der Waals surface area contributed by atoms with E-state index in [9.17, 15) is 14.0 Å². The summed E-state index contributed by atoms with van der Waals surface area (Å²) in [6.07, 6.45) is 0. The number of benzene rings is 1. The van der Waals surface area contributed by atoms with Crippen LogP contribution in [0.15, 0.2) is 18.2 Å². The number of phenolic OH excluding ortho intramolecular Hbond substituents is 1. The summed E-state index contributed by atoms with van der Waals surface area (Å²) in [6, 6.07) is 3.24. The zero-order valence-corrected chi connectivity index (χ0v) is 8.76. The van der Waals surface area contributed by atoms with Crippen molar-refractivity contribution in [1.82, 2.24) is 4.90 Å². The van der Waals surface area contributed by atoms with E-state index in [-0.39, 0.29) is 24.4 Å². The Balaban J connectivity index is 2.09. The topological polar surface area (TPSA) is 77.8 Å². The zero-order valence-electron chi connectivity index (χ0n) is 8.76. The lowest BCUT2D eigenvalue weighted by Gasteiger charge is -2.36. The SMILES string of the molecule is O=C(O)C1CN(C(=O)c2ccc(O)cc2F)C1. The second kappa shape index (κ2) is 4.04. The normalized spacial score (nSPS) is 15.5. The average molecular weight is 239 g/mol. The van der Waals surface area contributed by atoms with Crippen LogP contribution in [-0.2, 0) is 4.79 Å². The van der Waals surface area contributed by atoms with Crippen molar-refractivity contribution in [3.8, 4) is 5.75 Å². The van der Waals surface area contributed by atoms with E-state index >= 15 is 0 Å². The second-order valence-corrected chi connectivity index (χ2v) is 3.91. The van der Waals surface area contributed by atoms with Crippen LogP contribution in [0.3, 0.4) is 0 Å². The Morgan fingerprint density at radius 1 is 1.35 bits per heavy atom. The van der Waals surface area contributed by atoms with Crippen LogP contribution in [0.4, 0.5) is 4.39 Å². The molecule has 1 fully saturated rings. The molecular weight excluding hydrogens is 229 g/mol. The maximum absolute atomic E-state index is 13.4. The van der Waals surface area contributed by atoms with Crippen molar-refractivity contribution >= 4 is 11.9 Å². The van der Waals surface area contributed by atoms with E-state index in [1.165, 1.54) is 17.0 Å². The van der Waals surface area contributed by atoms with Crippen LogP contribution >= 0.6 is 0 Å². The summed E-state index contributed by atoms with van der Waals surface area (Å²) in [6.45, 7) is 0.183. The molecule has 1 amide bonds. The number of likely N-dealkylation sites (tertiary alicyclic amines) is 1. The van der Waals surface area contributed by atoms with Gasteiger partial charge in [0.1, 0.15) is 11.6 Å². The number of amides is 1. The van der Waals surface area contributed by atoms with E-state index in [0.29, 0.717) is 0 Å². The molecule has 2 N–H and O–H groups in total. The van der Waals surface area contributed by atoms with Gasteiger partial charge >= 0.3 is 5.97 Å². The molecule has 0 bridgehead atoms. The van der Waals surface area contributed by atoms with Gasteiger partial charge in [0.05, 0.1) is 11.5 Å². The lowest BCUT2D eigenvalue weighted by Crippen LogP contribution is -2.53. The fourth-order valence-corrected chi connectivity index (χ4v) is 1.65. The lowest BCUT2D eigenvalue weighted by atomic mass is 9.99. The zero-order chi connectivity index (χ0) is 12.6. The summed E-state index contributed by atoms with van der Waals surface area (Å²) in [5.74, 6) is -3.15. The smallest absolute Gasteiger partial charge is 0.310 e. The van der Waals surface area contributed by atoms with Crippen LogP contribution in [0, 0.1) is 11.7 Å². The quantitative estimate of drug-likeness (QED) is 0.795. The third kappa shape index (κ3) is 2.06. The summed E-state index contributed by atoms with van der Waals surface area (Å²) in [5, 5.41) is 17.7. The van der Waals surface area contributed by atoms with Crippen molar-refractivity contribution in [3.63, 3.8) is 0 Å². The standard InChI is InChI=1S/C11H10FNO4/c12-9-3-7(14)1-2-8(9)10(15)13-4-6(5-13)11(16)17/h1-3,6,14H,4-5H2,(H,16,17). The van der Waals surface area contributed by atoms with Crippen LogP contribution in [0.5, 0.6) is 5.75 Å². The van der Waals surface area contributed by atoms with Crippen LogP contribution in [0.1, 0.15) is 10.4 Å². The van der Waals surface area contributed by atoms with Gasteiger partial charge in [0, 0.05) is 19.2 Å². The number of phenols is 1. The molecule has 1 saturated heterocycles. The predicted molar refractivity (Wildman–Crippen MR) is 55.1 cm³/mol. The van der Waals surface area contributed by atoms with Gasteiger partial charge in [0.25, 0.3) is 5.91 Å². The molecule has 0 unspecified atom stereocenters. The Morgan fingerprint density at radius 2 is 2.00 bits per heavy atom. The highest BCUT2D eigenvalue weighted by molar-refractivity contribution is 5.96. The molecule has 1 aromatic rings. The third-order valence-electron chi connectivity index (χ3n) is 2.70. The highest BCUT2D eigenvalue weighted by atomic mass is 19.1. The molecule has 0 saturated carbocycles. The Kier molecular flexibility index (Phi) is 2.71. The minimum atomic E-state index is -0.958. The van der Waals surface area contributed by atoms with Crippen LogP contribution < -0.4 is 0 Å². The summed E-state index contributed by atoms with van der Waals surface area (Å²) < 4.78 is 13.4. The van der Waals surface area contributed by atoms with E-state index in [1.54, 1.807) is 0 Å². The largest absolute Gasteiger partial charge is 0.508 e. The number of carbonyl (C=O) groups is 2. The molecule has 17 heavy (non-hydrogen) atoms. The number of aliphatic carboxylic acids is 1. The Hall–Kier alpha value is -2.11. The lowest BCUT2D eigenvalue weighted by molar-refractivity contribution is -0.146. The van der Waals surface area contributed by atoms with E-state index in [2.05, 4.69) is 0 Å². The van der Waals surface area contributed by atoms with Crippen molar-refractivity contribution in [3.05, 3.63) is 29.6 Å². The number of hydrogen-bond acceptors (Lipinski definition) is 3. The monoisotopic (exact) mass is 239 g/mol. The molecule has 1 aliphatic rings. The Labute approximate surface area is 96.1 Å². The number of rotatable bonds is 2. The van der Waals surface area contributed by atoms with Crippen molar-refractivity contribution in [2.45, 2.75) is 0 Å². The average Bonchev–Trinajstić information content (AvgIpc) is 2.13. The van der Waals surface area contributed by atoms with Crippen LogP contribution in [0.25, 0.3) is 0 Å². The van der Waals surface area contributed by atoms with Gasteiger partial charge in [0.2, 0.25) is 0 Å². The summed E-state index contributed by atoms with van der Waals surface area (Å²) in [5.41, 5.74) is -0.161. The highest BCUT2D eigenvalue weighted by Gasteiger charge is 2.36. The number of carboxylic acid groups (broad SMARTS) is 1. The summed E-state index contributed by atoms with van der Waals surface area (Å²) in [4.78, 5) is 23.5. The minimum Gasteiger partial charge on any atom is -0.508 e. The number of carboxylic acids is 1. The molecule has 0 atom stereocenters. The minimum absolute atomic E-state index is 0.0917. The highest BCUT2D eigenvalue weighted by Crippen LogP contribution is 2.22. The van der Waals surface area contributed by atoms with Crippen molar-refractivity contribution in [2.24, 2.45) is 5.92 Å². The first kappa shape index (κ1) is 11.4. The van der Waals surface area contributed by atoms with E-state index in [1.807, 2.05) is 0 Å². The first-order valence-electron chi connectivity index (χ1n) is 4.99. The van der Waals surface area contributed by atoms with Gasteiger partial charge in [-0.1, -0.05) is 0 Å². The first-order valence-corrected chi connectivity index (χ1v) is 4.99. The van der Waals surface area contributed by atoms with E-state index in [4.69, 9.17) is 10.2 Å². The number of nitrogens with zero attached hydrogens (tertiary/aromatic N) is 1. The van der Waals surface area contributed by atoms with Gasteiger partial charge in [-0.2, -0.15) is 0 Å². The Morgan fingerprint density at radius 3 is 2.53 bits per heavy atom. The number of halogens is 1. The molecule has 0 radical (unpaired) electrons. The second-order valence-electron chi connectivity index (χ2n) is 3.91. The van der Waals surface area contributed by atoms with Gasteiger partial charge in [0.15, 0.2) is 0 Å². The molecule has 90 valence electrons. The van der Waals surface area contributed by atoms with Gasteiger partial charge in [-0.05, 0) is 12.1 Å². The molecule has 6 heteroatoms. The van der Waals surface area contributed by atoms with Gasteiger partial charge in [-0.3, -0.25) is 9.59 Å². The maximum atomic E-state index is 13.4. The van der Waals surface area contributed by atoms with Gasteiger partial charge < -0.3 is 15.1 Å². The maximum Gasteiger partial charge on any atom is 0.310 e. The summed E-state index contributed by atoms with van der Waals surface area (Å²) >= 11 is 0. The molecule has 1 heterocycles. The number of aromatic hydroxyl groups is 1. The fraction of sp³-hybridized carbons (Fsp3) is 0.273. The molecule has 0 spiro atoms. The molecule has 1 aliphatic heterocycles. The molecule has 0 aliphatic carbocycles. The van der Waals surface area contributed by atoms with Crippen molar-refractivity contribution in [2.75, 3.05) is 13.1 Å². The molecule has 1 aromatic carbocycles. The molecular formula is C11H10FNO4. The fourth-order valence-electron chi connectivity index (χ4n) is 1.65. The van der Waals surface area contributed by atoms with E-state index < -0.39 is 23.6 Å². The van der Waals surface area contributed by atoms with Crippen LogP contribution in [-0.4, -0.2) is 40.1 Å². The Bertz CT molecular complexity index is 482. The predicted octanol–water partition coefficient (Wildman–Crippen LogP) is 0.688.